The van der Waals surface area contributed by atoms with Gasteiger partial charge in [-0.1, -0.05) is 11.6 Å². The van der Waals surface area contributed by atoms with Crippen molar-refractivity contribution in [2.45, 2.75) is 30.2 Å². The largest absolute Gasteiger partial charge is 0.306 e. The van der Waals surface area contributed by atoms with E-state index in [1.54, 1.807) is 12.1 Å². The minimum atomic E-state index is -3.84. The topological polar surface area (TPSA) is 42.3 Å². The zero-order chi connectivity index (χ0) is 19.3. The van der Waals surface area contributed by atoms with E-state index in [-0.39, 0.29) is 4.90 Å². The van der Waals surface area contributed by atoms with E-state index >= 15 is 0 Å². The van der Waals surface area contributed by atoms with Crippen molar-refractivity contribution in [3.63, 3.8) is 0 Å². The zero-order valence-electron chi connectivity index (χ0n) is 15.1. The first-order valence-electron chi connectivity index (χ1n) is 8.78. The number of benzene rings is 2. The average Bonchev–Trinajstić information content (AvgIpc) is 2.95. The van der Waals surface area contributed by atoms with Crippen LogP contribution in [0, 0.1) is 5.82 Å². The Morgan fingerprint density at radius 2 is 1.85 bits per heavy atom. The summed E-state index contributed by atoms with van der Waals surface area (Å²) in [6.45, 7) is 0. The van der Waals surface area contributed by atoms with Gasteiger partial charge in [0, 0.05) is 22.1 Å². The Labute approximate surface area is 163 Å². The Morgan fingerprint density at radius 3 is 2.52 bits per heavy atom. The third-order valence-corrected chi connectivity index (χ3v) is 7.33. The molecule has 2 aromatic carbocycles. The lowest BCUT2D eigenvalue weighted by molar-refractivity contribution is 0.267. The minimum Gasteiger partial charge on any atom is -0.306 e. The summed E-state index contributed by atoms with van der Waals surface area (Å²) < 4.78 is 41.5. The van der Waals surface area contributed by atoms with Crippen LogP contribution in [0.4, 0.5) is 4.39 Å². The first-order valence-corrected chi connectivity index (χ1v) is 10.6. The summed E-state index contributed by atoms with van der Waals surface area (Å²) in [4.78, 5) is 2.25. The molecule has 0 saturated heterocycles. The van der Waals surface area contributed by atoms with E-state index in [1.807, 2.05) is 20.2 Å². The van der Waals surface area contributed by atoms with Gasteiger partial charge in [0.25, 0.3) is 10.0 Å². The lowest BCUT2D eigenvalue weighted by Crippen LogP contribution is -2.34. The molecular weight excluding hydrogens is 387 g/mol. The van der Waals surface area contributed by atoms with Crippen LogP contribution in [0.2, 0.25) is 5.02 Å². The number of hydrogen-bond donors (Lipinski definition) is 0. The van der Waals surface area contributed by atoms with Gasteiger partial charge in [-0.3, -0.25) is 0 Å². The summed E-state index contributed by atoms with van der Waals surface area (Å²) in [5, 5.41) is 1.45. The monoisotopic (exact) mass is 406 g/mol. The maximum Gasteiger partial charge on any atom is 0.268 e. The first-order chi connectivity index (χ1) is 12.8. The minimum absolute atomic E-state index is 0.0771. The molecule has 1 heterocycles. The van der Waals surface area contributed by atoms with Crippen molar-refractivity contribution < 1.29 is 12.8 Å². The fourth-order valence-corrected chi connectivity index (χ4v) is 5.67. The van der Waals surface area contributed by atoms with E-state index in [4.69, 9.17) is 11.6 Å². The maximum atomic E-state index is 13.4. The average molecular weight is 407 g/mol. The van der Waals surface area contributed by atoms with E-state index in [2.05, 4.69) is 4.90 Å². The molecule has 7 heteroatoms. The molecular formula is C20H20ClFN2O2S. The molecule has 142 valence electrons. The highest BCUT2D eigenvalue weighted by Gasteiger charge is 2.31. The molecule has 4 rings (SSSR count). The van der Waals surface area contributed by atoms with Gasteiger partial charge in [-0.2, -0.15) is 0 Å². The van der Waals surface area contributed by atoms with Crippen molar-refractivity contribution in [2.24, 2.45) is 0 Å². The summed E-state index contributed by atoms with van der Waals surface area (Å²) in [6.07, 6.45) is 2.30. The predicted octanol–water partition coefficient (Wildman–Crippen LogP) is 4.09. The SMILES string of the molecule is CN(C)C1CCc2c(c3cc(Cl)ccc3n2S(=O)(=O)c2ccc(F)cc2)C1. The van der Waals surface area contributed by atoms with Crippen molar-refractivity contribution in [3.8, 4) is 0 Å². The van der Waals surface area contributed by atoms with Crippen molar-refractivity contribution in [1.82, 2.24) is 8.87 Å². The normalized spacial score (nSPS) is 17.4. The number of rotatable bonds is 3. The second-order valence-electron chi connectivity index (χ2n) is 7.17. The molecule has 0 bridgehead atoms. The first kappa shape index (κ1) is 18.5. The van der Waals surface area contributed by atoms with E-state index in [0.29, 0.717) is 23.0 Å². The molecule has 0 fully saturated rings. The molecule has 0 aliphatic heterocycles. The van der Waals surface area contributed by atoms with Crippen LogP contribution in [-0.4, -0.2) is 37.4 Å². The number of nitrogens with zero attached hydrogens (tertiary/aromatic N) is 2. The second kappa shape index (κ2) is 6.62. The molecule has 1 atom stereocenters. The molecule has 0 saturated carbocycles. The van der Waals surface area contributed by atoms with E-state index < -0.39 is 15.8 Å². The van der Waals surface area contributed by atoms with Gasteiger partial charge >= 0.3 is 0 Å². The molecule has 1 aliphatic carbocycles. The summed E-state index contributed by atoms with van der Waals surface area (Å²) in [5.41, 5.74) is 2.45. The number of halogens is 2. The highest BCUT2D eigenvalue weighted by molar-refractivity contribution is 7.90. The molecule has 0 N–H and O–H groups in total. The molecule has 1 aliphatic rings. The fraction of sp³-hybridized carbons (Fsp3) is 0.300. The van der Waals surface area contributed by atoms with E-state index in [9.17, 15) is 12.8 Å². The molecule has 0 amide bonds. The Hall–Kier alpha value is -1.89. The van der Waals surface area contributed by atoms with E-state index in [0.717, 1.165) is 29.5 Å². The highest BCUT2D eigenvalue weighted by atomic mass is 35.5. The third kappa shape index (κ3) is 3.06. The summed E-state index contributed by atoms with van der Waals surface area (Å²) in [7, 11) is 0.240. The number of aromatic nitrogens is 1. The van der Waals surface area contributed by atoms with Crippen LogP contribution in [0.25, 0.3) is 10.9 Å². The highest BCUT2D eigenvalue weighted by Crippen LogP contribution is 2.37. The number of hydrogen-bond acceptors (Lipinski definition) is 3. The zero-order valence-corrected chi connectivity index (χ0v) is 16.7. The third-order valence-electron chi connectivity index (χ3n) is 5.33. The number of likely N-dealkylation sites (N-methyl/N-ethyl adjacent to an activating group) is 1. The lowest BCUT2D eigenvalue weighted by Gasteiger charge is -2.29. The van der Waals surface area contributed by atoms with E-state index in [1.165, 1.54) is 28.2 Å². The van der Waals surface area contributed by atoms with Gasteiger partial charge in [0.2, 0.25) is 0 Å². The smallest absolute Gasteiger partial charge is 0.268 e. The van der Waals surface area contributed by atoms with Crippen molar-refractivity contribution in [2.75, 3.05) is 14.1 Å². The van der Waals surface area contributed by atoms with Gasteiger partial charge < -0.3 is 4.90 Å². The van der Waals surface area contributed by atoms with Gasteiger partial charge in [-0.05, 0) is 81.4 Å². The molecule has 0 spiro atoms. The van der Waals surface area contributed by atoms with Gasteiger partial charge in [0.1, 0.15) is 5.82 Å². The number of fused-ring (bicyclic) bond motifs is 3. The second-order valence-corrected chi connectivity index (χ2v) is 9.39. The van der Waals surface area contributed by atoms with Crippen molar-refractivity contribution in [3.05, 3.63) is 64.6 Å². The Bertz CT molecular complexity index is 1120. The van der Waals surface area contributed by atoms with Crippen LogP contribution >= 0.6 is 11.6 Å². The quantitative estimate of drug-likeness (QED) is 0.658. The molecule has 27 heavy (non-hydrogen) atoms. The van der Waals surface area contributed by atoms with Crippen LogP contribution in [0.15, 0.2) is 47.4 Å². The van der Waals surface area contributed by atoms with Crippen LogP contribution in [0.1, 0.15) is 17.7 Å². The van der Waals surface area contributed by atoms with Crippen LogP contribution < -0.4 is 0 Å². The van der Waals surface area contributed by atoms with Gasteiger partial charge in [0.15, 0.2) is 0 Å². The van der Waals surface area contributed by atoms with Gasteiger partial charge in [-0.15, -0.1) is 0 Å². The maximum absolute atomic E-state index is 13.4. The Kier molecular flexibility index (Phi) is 4.53. The standard InChI is InChI=1S/C20H20ClFN2O2S/c1-23(2)15-6-10-20-18(12-15)17-11-13(21)3-9-19(17)24(20)27(25,26)16-7-4-14(22)5-8-16/h3-5,7-9,11,15H,6,10,12H2,1-2H3. The Balaban J connectivity index is 1.98. The van der Waals surface area contributed by atoms with Gasteiger partial charge in [0.05, 0.1) is 10.4 Å². The van der Waals surface area contributed by atoms with Crippen molar-refractivity contribution >= 4 is 32.5 Å². The molecule has 4 nitrogen and oxygen atoms in total. The van der Waals surface area contributed by atoms with Crippen LogP contribution in [0.5, 0.6) is 0 Å². The van der Waals surface area contributed by atoms with Crippen LogP contribution in [0.3, 0.4) is 0 Å². The molecule has 3 aromatic rings. The molecule has 0 radical (unpaired) electrons. The molecule has 1 aromatic heterocycles. The lowest BCUT2D eigenvalue weighted by atomic mass is 9.91. The van der Waals surface area contributed by atoms with Crippen LogP contribution in [-0.2, 0) is 22.9 Å². The van der Waals surface area contributed by atoms with Crippen molar-refractivity contribution in [1.29, 1.82) is 0 Å². The summed E-state index contributed by atoms with van der Waals surface area (Å²) >= 11 is 6.21. The summed E-state index contributed by atoms with van der Waals surface area (Å²) in [6, 6.07) is 10.6. The predicted molar refractivity (Wildman–Crippen MR) is 105 cm³/mol. The Morgan fingerprint density at radius 1 is 1.15 bits per heavy atom. The summed E-state index contributed by atoms with van der Waals surface area (Å²) in [5.74, 6) is -0.464. The van der Waals surface area contributed by atoms with Gasteiger partial charge in [-0.25, -0.2) is 16.8 Å². The fourth-order valence-electron chi connectivity index (χ4n) is 3.90. The molecule has 1 unspecified atom stereocenters.